The zero-order chi connectivity index (χ0) is 51.9. The molecule has 0 saturated heterocycles. The zero-order valence-electron chi connectivity index (χ0n) is 38.9. The number of para-hydroxylation sites is 6. The molecule has 0 amide bonds. The number of benzene rings is 8. The number of anilines is 5. The minimum absolute atomic E-state index is 0. The topological polar surface area (TPSA) is 33.7 Å². The Morgan fingerprint density at radius 2 is 0.800 bits per heavy atom. The summed E-state index contributed by atoms with van der Waals surface area (Å²) in [6.45, 7) is 0.911. The average Bonchev–Trinajstić information content (AvgIpc) is 3.41. The van der Waals surface area contributed by atoms with E-state index in [-0.39, 0.29) is 56.3 Å². The van der Waals surface area contributed by atoms with E-state index >= 15 is 0 Å². The van der Waals surface area contributed by atoms with Gasteiger partial charge in [0.25, 0.3) is 0 Å². The lowest BCUT2D eigenvalue weighted by molar-refractivity contribution is 0.454. The molecule has 26 heteroatoms. The fourth-order valence-corrected chi connectivity index (χ4v) is 201. The first-order valence-electron chi connectivity index (χ1n) is 22.0. The Bertz CT molecular complexity index is 3110. The normalized spacial score (nSPS) is 13.9. The van der Waals surface area contributed by atoms with Crippen LogP contribution in [-0.2, 0) is 0 Å². The van der Waals surface area contributed by atoms with Crippen molar-refractivity contribution in [1.29, 1.82) is 0 Å². The number of nitrogens with zero attached hydrogens (tertiary/aromatic N) is 1. The van der Waals surface area contributed by atoms with Gasteiger partial charge < -0.3 is 19.7 Å². The molecule has 75 heavy (non-hydrogen) atoms. The van der Waals surface area contributed by atoms with Crippen molar-refractivity contribution in [3.63, 3.8) is 0 Å². The first kappa shape index (κ1) is 63.2. The predicted octanol–water partition coefficient (Wildman–Crippen LogP) is 26.7. The molecule has 0 aliphatic carbocycles. The van der Waals surface area contributed by atoms with E-state index in [1.54, 1.807) is 23.5 Å². The lowest BCUT2D eigenvalue weighted by atomic mass is 10.1. The fraction of sp³-hybridized carbons (Fsp3) is 0.0204. The van der Waals surface area contributed by atoms with Crippen molar-refractivity contribution in [3.8, 4) is 23.0 Å². The highest BCUT2D eigenvalue weighted by Crippen LogP contribution is 3.25. The summed E-state index contributed by atoms with van der Waals surface area (Å²) in [7, 11) is 29.0. The van der Waals surface area contributed by atoms with Crippen LogP contribution in [0.5, 0.6) is 23.0 Å². The van der Waals surface area contributed by atoms with Gasteiger partial charge in [0.2, 0.25) is 0 Å². The third kappa shape index (κ3) is 16.3. The van der Waals surface area contributed by atoms with Crippen molar-refractivity contribution in [1.82, 2.24) is 0 Å². The maximum absolute atomic E-state index is 6.23. The number of halogens is 1. The van der Waals surface area contributed by atoms with Crippen LogP contribution in [0.4, 0.5) is 28.4 Å². The van der Waals surface area contributed by atoms with Crippen LogP contribution in [0.25, 0.3) is 0 Å². The molecule has 12 rings (SSSR count). The van der Waals surface area contributed by atoms with Crippen LogP contribution in [0.15, 0.2) is 226 Å². The zero-order valence-corrected chi connectivity index (χ0v) is 61.4. The van der Waals surface area contributed by atoms with Crippen LogP contribution in [0.3, 0.4) is 0 Å². The van der Waals surface area contributed by atoms with Crippen molar-refractivity contribution in [2.24, 2.45) is 0 Å². The first-order chi connectivity index (χ1) is 35.9. The van der Waals surface area contributed by atoms with Gasteiger partial charge in [-0.15, -0.1) is 80.4 Å². The summed E-state index contributed by atoms with van der Waals surface area (Å²) in [6.07, 6.45) is 0. The highest BCUT2D eigenvalue weighted by molar-refractivity contribution is 9.31. The van der Waals surface area contributed by atoms with E-state index in [0.29, 0.717) is 0 Å². The Morgan fingerprint density at radius 3 is 1.28 bits per heavy atom. The number of hydrogen-bond acceptors (Lipinski definition) is 8. The quantitative estimate of drug-likeness (QED) is 0.151. The van der Waals surface area contributed by atoms with E-state index < -0.39 is 0 Å². The summed E-state index contributed by atoms with van der Waals surface area (Å²) in [6, 6.07) is 62.8. The minimum atomic E-state index is 0. The monoisotopic (exact) mass is 1440 g/mol. The van der Waals surface area contributed by atoms with Crippen LogP contribution < -0.4 is 19.7 Å². The fourth-order valence-electron chi connectivity index (χ4n) is 7.50. The molecule has 0 saturated carbocycles. The number of hydrogen-bond donors (Lipinski definition) is 1. The molecule has 388 valence electrons. The molecule has 4 heterocycles. The van der Waals surface area contributed by atoms with E-state index in [2.05, 4.69) is 240 Å². The number of ether oxygens (including phenoxy) is 2. The van der Waals surface area contributed by atoms with Gasteiger partial charge in [-0.1, -0.05) is 151 Å². The van der Waals surface area contributed by atoms with Gasteiger partial charge in [0, 0.05) is 30.1 Å². The van der Waals surface area contributed by atoms with Gasteiger partial charge in [-0.05, 0) is 152 Å². The van der Waals surface area contributed by atoms with Crippen molar-refractivity contribution < 1.29 is 9.47 Å². The van der Waals surface area contributed by atoms with Crippen molar-refractivity contribution in [2.45, 2.75) is 46.6 Å². The highest BCUT2D eigenvalue weighted by Gasteiger charge is 2.37. The van der Waals surface area contributed by atoms with E-state index in [1.807, 2.05) is 72.1 Å². The largest absolute Gasteiger partial charge is 0.455 e. The highest BCUT2D eigenvalue weighted by atomic mass is 79.9. The smallest absolute Gasteiger partial charge is 0.143 e. The summed E-state index contributed by atoms with van der Waals surface area (Å²) in [5.74, 6) is 3.70. The molecule has 4 aliphatic rings. The van der Waals surface area contributed by atoms with Crippen LogP contribution in [0.2, 0.25) is 0 Å². The SMILES string of the molecule is Brc1ccc2c(c1)Oc1ccccc1S2.C.PPP(P(P)P)P(P(P)P)P(P(P)P)P(P)P.c1ccc2c(c1)Nc1ccccc1S2.c1ccc2c(c1)Oc1cc(N3c4ccccc4Sc4ccccc43)ccc1S2. The third-order valence-electron chi connectivity index (χ3n) is 10.6. The maximum atomic E-state index is 6.23. The molecule has 4 nitrogen and oxygen atoms in total. The third-order valence-corrected chi connectivity index (χ3v) is 118. The minimum Gasteiger partial charge on any atom is -0.455 e. The van der Waals surface area contributed by atoms with E-state index in [1.165, 1.54) is 47.2 Å². The second-order valence-corrected chi connectivity index (χ2v) is 85.2. The Kier molecular flexibility index (Phi) is 26.0. The van der Waals surface area contributed by atoms with Crippen molar-refractivity contribution in [3.05, 3.63) is 186 Å². The van der Waals surface area contributed by atoms with Crippen LogP contribution in [0, 0.1) is 0 Å². The Hall–Kier alpha value is 2.15. The Balaban J connectivity index is 0.000000139. The molecule has 12 unspecified atom stereocenters. The molecule has 1 N–H and O–H groups in total. The Morgan fingerprint density at radius 1 is 0.413 bits per heavy atom. The lowest BCUT2D eigenvalue weighted by Gasteiger charge is -2.41. The summed E-state index contributed by atoms with van der Waals surface area (Å²) < 4.78 is 13.1. The summed E-state index contributed by atoms with van der Waals surface area (Å²) in [5.41, 5.74) is 5.93. The van der Waals surface area contributed by atoms with Gasteiger partial charge in [0.15, 0.2) is 0 Å². The maximum Gasteiger partial charge on any atom is 0.143 e. The number of rotatable bonds is 8. The van der Waals surface area contributed by atoms with E-state index in [0.717, 1.165) is 55.8 Å². The van der Waals surface area contributed by atoms with Crippen molar-refractivity contribution in [2.75, 3.05) is 10.2 Å². The molecule has 0 bridgehead atoms. The molecule has 12 atom stereocenters. The molecule has 0 spiro atoms. The molecule has 0 aromatic heterocycles. The van der Waals surface area contributed by atoms with Crippen LogP contribution in [-0.4, -0.2) is 0 Å². The summed E-state index contributed by atoms with van der Waals surface area (Å²) in [5, 5.41) is 3.42. The van der Waals surface area contributed by atoms with Gasteiger partial charge >= 0.3 is 0 Å². The lowest BCUT2D eigenvalue weighted by Crippen LogP contribution is -2.14. The standard InChI is InChI=1S/C24H15NOS2.C12H7BrOS.C12H9NS.CH4.H19P17/c1-4-10-21-17(7-1)25(18-8-2-5-11-22(18)27-21)16-13-14-24-20(15-16)26-19-9-3-6-12-23(19)28-24;13-8-5-6-12-10(7-8)14-9-3-1-2-4-11(9)15-12;1-3-7-11-9(5-1)13-10-6-2-4-8-12(10)14-11;;1-10-15(11(2)3)17(14(8)9)16(12(4)5)13(6)7/h1-15H;1-7H;1-8,13H;1H4;10H,1-9H2. The van der Waals surface area contributed by atoms with Gasteiger partial charge in [-0.3, -0.25) is 0 Å². The van der Waals surface area contributed by atoms with Gasteiger partial charge in [-0.2, -0.15) is 0 Å². The summed E-state index contributed by atoms with van der Waals surface area (Å²) in [4.78, 5) is 12.1. The van der Waals surface area contributed by atoms with E-state index in [9.17, 15) is 0 Å². The number of nitrogens with one attached hydrogen (secondary N) is 1. The molecular weight excluding hydrogens is 1380 g/mol. The van der Waals surface area contributed by atoms with Gasteiger partial charge in [0.05, 0.1) is 48.0 Å². The molecule has 8 aromatic rings. The van der Waals surface area contributed by atoms with Gasteiger partial charge in [0.1, 0.15) is 23.0 Å². The molecule has 0 radical (unpaired) electrons. The van der Waals surface area contributed by atoms with Crippen molar-refractivity contribution >= 4 is 229 Å². The predicted molar refractivity (Wildman–Crippen MR) is 392 cm³/mol. The summed E-state index contributed by atoms with van der Waals surface area (Å²) >= 11 is 10.6. The molecule has 4 aliphatic heterocycles. The molecule has 0 fully saturated rings. The molecular formula is C49H54BrN2O2P17S4. The average molecular weight is 1440 g/mol. The molecule has 8 aromatic carbocycles. The van der Waals surface area contributed by atoms with Crippen LogP contribution >= 0.6 is 200 Å². The second-order valence-electron chi connectivity index (χ2n) is 15.6. The van der Waals surface area contributed by atoms with Crippen LogP contribution in [0.1, 0.15) is 7.43 Å². The van der Waals surface area contributed by atoms with E-state index in [4.69, 9.17) is 9.47 Å². The van der Waals surface area contributed by atoms with Gasteiger partial charge in [-0.25, -0.2) is 0 Å². The second kappa shape index (κ2) is 30.8. The number of fused-ring (bicyclic) bond motifs is 8. The first-order valence-corrected chi connectivity index (χ1v) is 56.3. The Labute approximate surface area is 499 Å².